The highest BCUT2D eigenvalue weighted by Gasteiger charge is 2.16. The average Bonchev–Trinajstić information content (AvgIpc) is 2.57. The van der Waals surface area contributed by atoms with E-state index in [1.54, 1.807) is 16.8 Å². The molecule has 0 bridgehead atoms. The molecule has 0 radical (unpaired) electrons. The molecule has 126 valence electrons. The molecule has 0 saturated carbocycles. The summed E-state index contributed by atoms with van der Waals surface area (Å²) in [5.41, 5.74) is 2.98. The van der Waals surface area contributed by atoms with E-state index in [1.807, 2.05) is 61.5 Å². The van der Waals surface area contributed by atoms with E-state index in [-0.39, 0.29) is 11.8 Å². The lowest BCUT2D eigenvalue weighted by atomic mass is 10.1. The predicted molar refractivity (Wildman–Crippen MR) is 96.7 cm³/mol. The zero-order valence-corrected chi connectivity index (χ0v) is 14.5. The number of carbonyl (C=O) groups is 2. The van der Waals surface area contributed by atoms with Crippen LogP contribution in [0.2, 0.25) is 0 Å². The molecule has 2 amide bonds. The highest BCUT2D eigenvalue weighted by Crippen LogP contribution is 2.20. The van der Waals surface area contributed by atoms with Crippen molar-refractivity contribution in [2.24, 2.45) is 0 Å². The number of carbonyl (C=O) groups excluding carboxylic acids is 2. The minimum absolute atomic E-state index is 0.0266. The second-order valence-electron chi connectivity index (χ2n) is 5.94. The van der Waals surface area contributed by atoms with Gasteiger partial charge >= 0.3 is 0 Å². The minimum atomic E-state index is -0.0530. The third kappa shape index (κ3) is 4.69. The molecule has 0 fully saturated rings. The first-order valence-electron chi connectivity index (χ1n) is 8.10. The molecule has 4 nitrogen and oxygen atoms in total. The van der Waals surface area contributed by atoms with Crippen LogP contribution in [0.4, 0.5) is 5.69 Å². The van der Waals surface area contributed by atoms with Gasteiger partial charge in [-0.3, -0.25) is 9.59 Å². The molecular weight excluding hydrogens is 300 g/mol. The average molecular weight is 324 g/mol. The van der Waals surface area contributed by atoms with Gasteiger partial charge in [-0.1, -0.05) is 48.5 Å². The Hall–Kier alpha value is -2.62. The Balaban J connectivity index is 1.98. The predicted octanol–water partition coefficient (Wildman–Crippen LogP) is 3.40. The van der Waals surface area contributed by atoms with Crippen molar-refractivity contribution in [2.75, 3.05) is 18.5 Å². The van der Waals surface area contributed by atoms with E-state index >= 15 is 0 Å². The third-order valence-corrected chi connectivity index (χ3v) is 4.02. The first-order valence-corrected chi connectivity index (χ1v) is 8.10. The van der Waals surface area contributed by atoms with Crippen molar-refractivity contribution >= 4 is 17.5 Å². The Morgan fingerprint density at radius 3 is 2.21 bits per heavy atom. The van der Waals surface area contributed by atoms with Crippen LogP contribution < -0.4 is 4.90 Å². The fourth-order valence-corrected chi connectivity index (χ4v) is 2.66. The van der Waals surface area contributed by atoms with Crippen LogP contribution in [-0.2, 0) is 16.1 Å². The molecule has 0 spiro atoms. The van der Waals surface area contributed by atoms with E-state index in [4.69, 9.17) is 0 Å². The Labute approximate surface area is 143 Å². The summed E-state index contributed by atoms with van der Waals surface area (Å²) < 4.78 is 0. The highest BCUT2D eigenvalue weighted by molar-refractivity contribution is 5.93. The van der Waals surface area contributed by atoms with Gasteiger partial charge in [0, 0.05) is 39.2 Å². The zero-order chi connectivity index (χ0) is 17.5. The molecule has 0 aromatic heterocycles. The monoisotopic (exact) mass is 324 g/mol. The summed E-state index contributed by atoms with van der Waals surface area (Å²) in [7, 11) is 1.79. The van der Waals surface area contributed by atoms with Gasteiger partial charge in [0.15, 0.2) is 0 Å². The van der Waals surface area contributed by atoms with Gasteiger partial charge in [0.2, 0.25) is 11.8 Å². The summed E-state index contributed by atoms with van der Waals surface area (Å²) in [6, 6.07) is 17.6. The summed E-state index contributed by atoms with van der Waals surface area (Å²) >= 11 is 0. The second-order valence-corrected chi connectivity index (χ2v) is 5.94. The van der Waals surface area contributed by atoms with Crippen molar-refractivity contribution < 1.29 is 9.59 Å². The van der Waals surface area contributed by atoms with Crippen LogP contribution in [0.15, 0.2) is 54.6 Å². The summed E-state index contributed by atoms with van der Waals surface area (Å²) in [6.45, 7) is 4.46. The normalized spacial score (nSPS) is 10.3. The Bertz CT molecular complexity index is 698. The van der Waals surface area contributed by atoms with Crippen LogP contribution in [0.1, 0.15) is 24.5 Å². The maximum atomic E-state index is 12.4. The lowest BCUT2D eigenvalue weighted by Crippen LogP contribution is -2.34. The molecule has 0 heterocycles. The number of rotatable bonds is 6. The maximum Gasteiger partial charge on any atom is 0.224 e. The van der Waals surface area contributed by atoms with Gasteiger partial charge in [-0.2, -0.15) is 0 Å². The summed E-state index contributed by atoms with van der Waals surface area (Å²) in [5, 5.41) is 0. The quantitative estimate of drug-likeness (QED) is 0.817. The molecule has 0 saturated heterocycles. The number of para-hydroxylation sites is 1. The van der Waals surface area contributed by atoms with Gasteiger partial charge in [-0.05, 0) is 24.1 Å². The van der Waals surface area contributed by atoms with E-state index in [2.05, 4.69) is 0 Å². The largest absolute Gasteiger partial charge is 0.341 e. The smallest absolute Gasteiger partial charge is 0.224 e. The number of hydrogen-bond acceptors (Lipinski definition) is 2. The van der Waals surface area contributed by atoms with Gasteiger partial charge in [0.05, 0.1) is 0 Å². The third-order valence-electron chi connectivity index (χ3n) is 4.02. The fourth-order valence-electron chi connectivity index (χ4n) is 2.66. The van der Waals surface area contributed by atoms with E-state index in [0.29, 0.717) is 19.5 Å². The number of benzene rings is 2. The molecular formula is C20H24N2O2. The van der Waals surface area contributed by atoms with Crippen LogP contribution in [0.5, 0.6) is 0 Å². The van der Waals surface area contributed by atoms with Gasteiger partial charge in [0.25, 0.3) is 0 Å². The first kappa shape index (κ1) is 17.7. The van der Waals surface area contributed by atoms with Gasteiger partial charge in [-0.25, -0.2) is 0 Å². The summed E-state index contributed by atoms with van der Waals surface area (Å²) in [5.74, 6) is -0.0264. The Morgan fingerprint density at radius 1 is 0.958 bits per heavy atom. The van der Waals surface area contributed by atoms with E-state index < -0.39 is 0 Å². The minimum Gasteiger partial charge on any atom is -0.341 e. The number of hydrogen-bond donors (Lipinski definition) is 0. The molecule has 2 rings (SSSR count). The number of anilines is 1. The molecule has 0 aliphatic carbocycles. The van der Waals surface area contributed by atoms with Crippen LogP contribution in [0, 0.1) is 6.92 Å². The number of aryl methyl sites for hydroxylation is 1. The molecule has 24 heavy (non-hydrogen) atoms. The fraction of sp³-hybridized carbons (Fsp3) is 0.300. The maximum absolute atomic E-state index is 12.4. The van der Waals surface area contributed by atoms with Crippen molar-refractivity contribution in [3.05, 3.63) is 65.7 Å². The van der Waals surface area contributed by atoms with Crippen LogP contribution in [-0.4, -0.2) is 30.3 Å². The SMILES string of the molecule is CC(=O)N(CCC(=O)N(C)Cc1ccccc1)c1ccccc1C. The highest BCUT2D eigenvalue weighted by atomic mass is 16.2. The number of amides is 2. The van der Waals surface area contributed by atoms with Crippen LogP contribution in [0.3, 0.4) is 0 Å². The summed E-state index contributed by atoms with van der Waals surface area (Å²) in [4.78, 5) is 27.7. The van der Waals surface area contributed by atoms with Gasteiger partial charge in [-0.15, -0.1) is 0 Å². The van der Waals surface area contributed by atoms with Crippen LogP contribution in [0.25, 0.3) is 0 Å². The van der Waals surface area contributed by atoms with Crippen molar-refractivity contribution in [3.63, 3.8) is 0 Å². The van der Waals surface area contributed by atoms with Gasteiger partial charge in [0.1, 0.15) is 0 Å². The van der Waals surface area contributed by atoms with Crippen molar-refractivity contribution in [3.8, 4) is 0 Å². The topological polar surface area (TPSA) is 40.6 Å². The molecule has 0 unspecified atom stereocenters. The zero-order valence-electron chi connectivity index (χ0n) is 14.5. The van der Waals surface area contributed by atoms with E-state index in [9.17, 15) is 9.59 Å². The lowest BCUT2D eigenvalue weighted by Gasteiger charge is -2.24. The second kappa shape index (κ2) is 8.29. The first-order chi connectivity index (χ1) is 11.5. The number of nitrogens with zero attached hydrogens (tertiary/aromatic N) is 2. The van der Waals surface area contributed by atoms with Crippen LogP contribution >= 0.6 is 0 Å². The van der Waals surface area contributed by atoms with Crippen molar-refractivity contribution in [2.45, 2.75) is 26.8 Å². The molecule has 0 N–H and O–H groups in total. The molecule has 0 atom stereocenters. The Kier molecular flexibility index (Phi) is 6.13. The molecule has 0 aliphatic rings. The van der Waals surface area contributed by atoms with E-state index in [0.717, 1.165) is 16.8 Å². The van der Waals surface area contributed by atoms with Gasteiger partial charge < -0.3 is 9.80 Å². The Morgan fingerprint density at radius 2 is 1.58 bits per heavy atom. The molecule has 2 aromatic rings. The lowest BCUT2D eigenvalue weighted by molar-refractivity contribution is -0.130. The molecule has 4 heteroatoms. The summed E-state index contributed by atoms with van der Waals surface area (Å²) in [6.07, 6.45) is 0.303. The van der Waals surface area contributed by atoms with Crippen molar-refractivity contribution in [1.82, 2.24) is 4.90 Å². The standard InChI is InChI=1S/C20H24N2O2/c1-16-9-7-8-12-19(16)22(17(2)23)14-13-20(24)21(3)15-18-10-5-4-6-11-18/h4-12H,13-15H2,1-3H3. The van der Waals surface area contributed by atoms with E-state index in [1.165, 1.54) is 6.92 Å². The molecule has 0 aliphatic heterocycles. The molecule has 2 aromatic carbocycles. The van der Waals surface area contributed by atoms with Crippen molar-refractivity contribution in [1.29, 1.82) is 0 Å².